The second-order valence-corrected chi connectivity index (χ2v) is 6.06. The van der Waals surface area contributed by atoms with Gasteiger partial charge >= 0.3 is 6.09 Å². The second kappa shape index (κ2) is 7.78. The van der Waals surface area contributed by atoms with E-state index in [1.165, 1.54) is 0 Å². The third-order valence-electron chi connectivity index (χ3n) is 2.93. The number of nitrogens with two attached hydrogens (primary N) is 1. The summed E-state index contributed by atoms with van der Waals surface area (Å²) >= 11 is 0. The van der Waals surface area contributed by atoms with Crippen LogP contribution in [0.2, 0.25) is 0 Å². The van der Waals surface area contributed by atoms with E-state index >= 15 is 0 Å². The molecular weight excluding hydrogens is 282 g/mol. The first-order chi connectivity index (χ1) is 10.2. The molecule has 0 fully saturated rings. The molecule has 1 rings (SSSR count). The van der Waals surface area contributed by atoms with Gasteiger partial charge in [-0.1, -0.05) is 12.1 Å². The summed E-state index contributed by atoms with van der Waals surface area (Å²) in [5, 5.41) is 21.5. The number of hydrogen-bond donors (Lipinski definition) is 3. The van der Waals surface area contributed by atoms with Gasteiger partial charge in [-0.3, -0.25) is 0 Å². The molecule has 22 heavy (non-hydrogen) atoms. The van der Waals surface area contributed by atoms with E-state index < -0.39 is 23.8 Å². The summed E-state index contributed by atoms with van der Waals surface area (Å²) < 4.78 is 5.11. The van der Waals surface area contributed by atoms with Crippen LogP contribution in [-0.4, -0.2) is 29.4 Å². The van der Waals surface area contributed by atoms with Gasteiger partial charge in [0.2, 0.25) is 0 Å². The van der Waals surface area contributed by atoms with Crippen LogP contribution in [0, 0.1) is 11.3 Å². The molecule has 6 nitrogen and oxygen atoms in total. The zero-order chi connectivity index (χ0) is 16.8. The van der Waals surface area contributed by atoms with Crippen LogP contribution in [0.15, 0.2) is 24.3 Å². The van der Waals surface area contributed by atoms with Crippen molar-refractivity contribution >= 4 is 6.09 Å². The van der Waals surface area contributed by atoms with Crippen LogP contribution in [-0.2, 0) is 4.74 Å². The lowest BCUT2D eigenvalue weighted by Crippen LogP contribution is -2.37. The van der Waals surface area contributed by atoms with Gasteiger partial charge in [-0.25, -0.2) is 4.79 Å². The topological polar surface area (TPSA) is 108 Å². The fourth-order valence-corrected chi connectivity index (χ4v) is 1.81. The van der Waals surface area contributed by atoms with Gasteiger partial charge in [-0.05, 0) is 44.9 Å². The Hall–Kier alpha value is -2.10. The summed E-state index contributed by atoms with van der Waals surface area (Å²) in [6.45, 7) is 5.66. The second-order valence-electron chi connectivity index (χ2n) is 6.06. The fraction of sp³-hybridized carbons (Fsp3) is 0.500. The molecule has 0 aliphatic heterocycles. The molecule has 120 valence electrons. The molecule has 0 spiro atoms. The molecule has 0 bridgehead atoms. The van der Waals surface area contributed by atoms with Crippen LogP contribution >= 0.6 is 0 Å². The Morgan fingerprint density at radius 2 is 2.00 bits per heavy atom. The predicted molar refractivity (Wildman–Crippen MR) is 82.9 cm³/mol. The number of hydrogen-bond acceptors (Lipinski definition) is 5. The minimum atomic E-state index is -0.854. The Labute approximate surface area is 130 Å². The van der Waals surface area contributed by atoms with Gasteiger partial charge in [0.15, 0.2) is 0 Å². The molecule has 1 amide bonds. The van der Waals surface area contributed by atoms with E-state index in [-0.39, 0.29) is 0 Å². The average molecular weight is 305 g/mol. The number of carbonyl (C=O) groups is 1. The number of benzene rings is 1. The number of amides is 1. The Morgan fingerprint density at radius 1 is 1.41 bits per heavy atom. The van der Waals surface area contributed by atoms with Gasteiger partial charge in [0, 0.05) is 12.6 Å². The van der Waals surface area contributed by atoms with Gasteiger partial charge in [0.1, 0.15) is 5.60 Å². The van der Waals surface area contributed by atoms with Gasteiger partial charge in [0.05, 0.1) is 17.7 Å². The quantitative estimate of drug-likeness (QED) is 0.769. The molecule has 0 aliphatic carbocycles. The summed E-state index contributed by atoms with van der Waals surface area (Å²) in [5.41, 5.74) is 6.55. The molecule has 4 N–H and O–H groups in total. The lowest BCUT2D eigenvalue weighted by atomic mass is 9.99. The molecule has 6 heteroatoms. The number of ether oxygens (including phenoxy) is 1. The molecule has 0 saturated heterocycles. The summed E-state index contributed by atoms with van der Waals surface area (Å²) in [7, 11) is 0. The van der Waals surface area contributed by atoms with Gasteiger partial charge in [0.25, 0.3) is 0 Å². The monoisotopic (exact) mass is 305 g/mol. The van der Waals surface area contributed by atoms with Crippen LogP contribution in [0.1, 0.15) is 44.4 Å². The molecule has 2 atom stereocenters. The van der Waals surface area contributed by atoms with Crippen molar-refractivity contribution in [3.63, 3.8) is 0 Å². The highest BCUT2D eigenvalue weighted by atomic mass is 16.6. The van der Waals surface area contributed by atoms with Gasteiger partial charge in [-0.15, -0.1) is 0 Å². The highest BCUT2D eigenvalue weighted by Gasteiger charge is 2.19. The van der Waals surface area contributed by atoms with E-state index in [0.29, 0.717) is 24.1 Å². The van der Waals surface area contributed by atoms with Crippen LogP contribution < -0.4 is 11.1 Å². The molecule has 1 aromatic rings. The van der Waals surface area contributed by atoms with Crippen LogP contribution in [0.3, 0.4) is 0 Å². The summed E-state index contributed by atoms with van der Waals surface area (Å²) in [4.78, 5) is 11.5. The van der Waals surface area contributed by atoms with E-state index in [1.54, 1.807) is 45.0 Å². The van der Waals surface area contributed by atoms with Crippen LogP contribution in [0.5, 0.6) is 0 Å². The summed E-state index contributed by atoms with van der Waals surface area (Å²) in [5.74, 6) is 0. The Morgan fingerprint density at radius 3 is 2.50 bits per heavy atom. The number of nitrogens with one attached hydrogen (secondary N) is 1. The number of nitrogens with zero attached hydrogens (tertiary/aromatic N) is 1. The van der Waals surface area contributed by atoms with Crippen molar-refractivity contribution in [2.45, 2.75) is 44.9 Å². The summed E-state index contributed by atoms with van der Waals surface area (Å²) in [6.07, 6.45) is -0.957. The third kappa shape index (κ3) is 6.12. The maximum absolute atomic E-state index is 11.5. The van der Waals surface area contributed by atoms with Crippen molar-refractivity contribution in [2.75, 3.05) is 6.54 Å². The first-order valence-corrected chi connectivity index (χ1v) is 7.13. The van der Waals surface area contributed by atoms with E-state index in [1.807, 2.05) is 6.07 Å². The van der Waals surface area contributed by atoms with Crippen molar-refractivity contribution in [1.29, 1.82) is 5.26 Å². The molecule has 0 aliphatic rings. The maximum Gasteiger partial charge on any atom is 0.407 e. The minimum absolute atomic E-state index is 0.309. The maximum atomic E-state index is 11.5. The molecule has 0 aromatic heterocycles. The highest BCUT2D eigenvalue weighted by molar-refractivity contribution is 5.67. The molecule has 1 aromatic carbocycles. The van der Waals surface area contributed by atoms with Crippen molar-refractivity contribution < 1.29 is 14.6 Å². The van der Waals surface area contributed by atoms with Crippen molar-refractivity contribution in [3.8, 4) is 6.07 Å². The van der Waals surface area contributed by atoms with Crippen LogP contribution in [0.25, 0.3) is 0 Å². The van der Waals surface area contributed by atoms with E-state index in [9.17, 15) is 9.90 Å². The van der Waals surface area contributed by atoms with E-state index in [4.69, 9.17) is 15.7 Å². The third-order valence-corrected chi connectivity index (χ3v) is 2.93. The molecule has 0 saturated carbocycles. The first-order valence-electron chi connectivity index (χ1n) is 7.13. The fourth-order valence-electron chi connectivity index (χ4n) is 1.81. The van der Waals surface area contributed by atoms with E-state index in [0.717, 1.165) is 0 Å². The van der Waals surface area contributed by atoms with Crippen molar-refractivity contribution in [2.24, 2.45) is 5.73 Å². The number of aliphatic hydroxyl groups is 1. The number of aliphatic hydroxyl groups excluding tert-OH is 1. The molecule has 0 heterocycles. The lowest BCUT2D eigenvalue weighted by molar-refractivity contribution is 0.0521. The number of nitriles is 1. The van der Waals surface area contributed by atoms with E-state index in [2.05, 4.69) is 5.32 Å². The standard InChI is InChI=1S/C16H23N3O3/c1-16(2,3)22-15(21)19-9-8-13(18)14(20)12-6-4-11(10-17)5-7-12/h4-7,13-14,20H,8-9,18H2,1-3H3,(H,19,21). The van der Waals surface area contributed by atoms with Crippen molar-refractivity contribution in [1.82, 2.24) is 5.32 Å². The first kappa shape index (κ1) is 18.0. The van der Waals surface area contributed by atoms with Gasteiger partial charge in [-0.2, -0.15) is 5.26 Å². The SMILES string of the molecule is CC(C)(C)OC(=O)NCCC(N)C(O)c1ccc(C#N)cc1. The largest absolute Gasteiger partial charge is 0.444 e. The Balaban J connectivity index is 2.42. The predicted octanol–water partition coefficient (Wildman–Crippen LogP) is 1.83. The zero-order valence-corrected chi connectivity index (χ0v) is 13.2. The molecular formula is C16H23N3O3. The molecule has 2 unspecified atom stereocenters. The lowest BCUT2D eigenvalue weighted by Gasteiger charge is -2.21. The minimum Gasteiger partial charge on any atom is -0.444 e. The van der Waals surface area contributed by atoms with Crippen molar-refractivity contribution in [3.05, 3.63) is 35.4 Å². The number of alkyl carbamates (subject to hydrolysis) is 1. The Kier molecular flexibility index (Phi) is 6.35. The van der Waals surface area contributed by atoms with Gasteiger partial charge < -0.3 is 20.9 Å². The smallest absolute Gasteiger partial charge is 0.407 e. The number of rotatable bonds is 5. The highest BCUT2D eigenvalue weighted by Crippen LogP contribution is 2.18. The average Bonchev–Trinajstić information content (AvgIpc) is 2.44. The zero-order valence-electron chi connectivity index (χ0n) is 13.2. The Bertz CT molecular complexity index is 529. The number of carbonyl (C=O) groups excluding carboxylic acids is 1. The van der Waals surface area contributed by atoms with Crippen LogP contribution in [0.4, 0.5) is 4.79 Å². The summed E-state index contributed by atoms with van der Waals surface area (Å²) in [6, 6.07) is 8.09. The molecule has 0 radical (unpaired) electrons. The normalized spacial score (nSPS) is 13.8.